The summed E-state index contributed by atoms with van der Waals surface area (Å²) in [7, 11) is 0. The number of allylic oxidation sites excluding steroid dienone is 3. The molecule has 10 heavy (non-hydrogen) atoms. The topological polar surface area (TPSA) is 28.7 Å². The van der Waals surface area contributed by atoms with Gasteiger partial charge in [0.2, 0.25) is 0 Å². The van der Waals surface area contributed by atoms with Crippen molar-refractivity contribution in [1.29, 1.82) is 0 Å². The summed E-state index contributed by atoms with van der Waals surface area (Å²) in [6.07, 6.45) is 7.43. The molecular formula is C8H10N2. The van der Waals surface area contributed by atoms with E-state index >= 15 is 0 Å². The fraction of sp³-hybridized carbons (Fsp3) is 0.125. The lowest BCUT2D eigenvalue weighted by Crippen LogP contribution is -1.72. The molecule has 2 nitrogen and oxygen atoms in total. The van der Waals surface area contributed by atoms with Gasteiger partial charge in [-0.05, 0) is 12.5 Å². The van der Waals surface area contributed by atoms with Crippen LogP contribution in [0.4, 0.5) is 0 Å². The van der Waals surface area contributed by atoms with Crippen LogP contribution in [0.3, 0.4) is 0 Å². The van der Waals surface area contributed by atoms with Gasteiger partial charge in [-0.1, -0.05) is 18.7 Å². The van der Waals surface area contributed by atoms with Crippen molar-refractivity contribution in [3.63, 3.8) is 0 Å². The number of hydrogen-bond acceptors (Lipinski definition) is 1. The highest BCUT2D eigenvalue weighted by molar-refractivity contribution is 5.72. The minimum absolute atomic E-state index is 1.08. The van der Waals surface area contributed by atoms with Gasteiger partial charge in [-0.15, -0.1) is 0 Å². The highest BCUT2D eigenvalue weighted by Crippen LogP contribution is 2.11. The first-order valence-electron chi connectivity index (χ1n) is 3.16. The molecule has 0 bridgehead atoms. The van der Waals surface area contributed by atoms with Gasteiger partial charge in [-0.3, -0.25) is 5.10 Å². The van der Waals surface area contributed by atoms with Crippen LogP contribution in [-0.4, -0.2) is 10.2 Å². The van der Waals surface area contributed by atoms with Crippen LogP contribution in [0.25, 0.3) is 5.57 Å². The van der Waals surface area contributed by atoms with Crippen molar-refractivity contribution in [2.75, 3.05) is 0 Å². The maximum absolute atomic E-state index is 3.83. The minimum atomic E-state index is 1.08. The van der Waals surface area contributed by atoms with Crippen molar-refractivity contribution in [2.45, 2.75) is 6.92 Å². The highest BCUT2D eigenvalue weighted by Gasteiger charge is 1.94. The second-order valence-corrected chi connectivity index (χ2v) is 1.94. The van der Waals surface area contributed by atoms with E-state index in [-0.39, 0.29) is 0 Å². The van der Waals surface area contributed by atoms with Crippen LogP contribution >= 0.6 is 0 Å². The molecule has 1 N–H and O–H groups in total. The van der Waals surface area contributed by atoms with Crippen molar-refractivity contribution >= 4 is 5.57 Å². The van der Waals surface area contributed by atoms with Crippen LogP contribution in [-0.2, 0) is 0 Å². The van der Waals surface area contributed by atoms with Gasteiger partial charge >= 0.3 is 0 Å². The Kier molecular flexibility index (Phi) is 2.05. The van der Waals surface area contributed by atoms with Crippen LogP contribution < -0.4 is 0 Å². The largest absolute Gasteiger partial charge is 0.285 e. The van der Waals surface area contributed by atoms with E-state index in [4.69, 9.17) is 0 Å². The number of rotatable bonds is 2. The van der Waals surface area contributed by atoms with Crippen LogP contribution in [0.5, 0.6) is 0 Å². The van der Waals surface area contributed by atoms with Crippen molar-refractivity contribution in [2.24, 2.45) is 0 Å². The number of aromatic amines is 1. The Bertz CT molecular complexity index is 232. The predicted octanol–water partition coefficient (Wildman–Crippen LogP) is 2.00. The molecule has 1 heterocycles. The van der Waals surface area contributed by atoms with E-state index in [1.54, 1.807) is 6.20 Å². The van der Waals surface area contributed by atoms with Gasteiger partial charge < -0.3 is 0 Å². The molecule has 0 aliphatic heterocycles. The lowest BCUT2D eigenvalue weighted by Gasteiger charge is -1.91. The number of H-pyrrole nitrogens is 1. The third kappa shape index (κ3) is 1.16. The minimum Gasteiger partial charge on any atom is -0.285 e. The smallest absolute Gasteiger partial charge is 0.0565 e. The van der Waals surface area contributed by atoms with Crippen molar-refractivity contribution < 1.29 is 0 Å². The lowest BCUT2D eigenvalue weighted by molar-refractivity contribution is 1.09. The molecule has 0 spiro atoms. The van der Waals surface area contributed by atoms with E-state index in [0.717, 1.165) is 11.1 Å². The molecule has 0 unspecified atom stereocenters. The Morgan fingerprint density at radius 2 is 2.60 bits per heavy atom. The third-order valence-electron chi connectivity index (χ3n) is 1.36. The van der Waals surface area contributed by atoms with E-state index < -0.39 is 0 Å². The number of aromatic nitrogens is 2. The van der Waals surface area contributed by atoms with E-state index in [2.05, 4.69) is 16.8 Å². The van der Waals surface area contributed by atoms with Crippen molar-refractivity contribution in [1.82, 2.24) is 10.2 Å². The Labute approximate surface area is 60.3 Å². The first-order chi connectivity index (χ1) is 4.88. The number of hydrogen-bond donors (Lipinski definition) is 1. The summed E-state index contributed by atoms with van der Waals surface area (Å²) >= 11 is 0. The van der Waals surface area contributed by atoms with Gasteiger partial charge in [-0.25, -0.2) is 0 Å². The van der Waals surface area contributed by atoms with Gasteiger partial charge in [0.15, 0.2) is 0 Å². The summed E-state index contributed by atoms with van der Waals surface area (Å²) in [5.74, 6) is 0. The molecule has 0 aliphatic rings. The van der Waals surface area contributed by atoms with Gasteiger partial charge in [0.25, 0.3) is 0 Å². The summed E-state index contributed by atoms with van der Waals surface area (Å²) in [4.78, 5) is 0. The Morgan fingerprint density at radius 3 is 3.00 bits per heavy atom. The molecule has 0 atom stereocenters. The van der Waals surface area contributed by atoms with Crippen LogP contribution in [0, 0.1) is 0 Å². The molecule has 0 saturated carbocycles. The second-order valence-electron chi connectivity index (χ2n) is 1.94. The van der Waals surface area contributed by atoms with Crippen LogP contribution in [0.2, 0.25) is 0 Å². The summed E-state index contributed by atoms with van der Waals surface area (Å²) < 4.78 is 0. The summed E-state index contributed by atoms with van der Waals surface area (Å²) in [6.45, 7) is 5.65. The molecule has 0 amide bonds. The van der Waals surface area contributed by atoms with E-state index in [9.17, 15) is 0 Å². The Hall–Kier alpha value is -1.31. The van der Waals surface area contributed by atoms with E-state index in [1.165, 1.54) is 0 Å². The predicted molar refractivity (Wildman–Crippen MR) is 42.4 cm³/mol. The molecule has 0 fully saturated rings. The first-order valence-corrected chi connectivity index (χ1v) is 3.16. The first kappa shape index (κ1) is 6.81. The van der Waals surface area contributed by atoms with Crippen molar-refractivity contribution in [3.8, 4) is 0 Å². The third-order valence-corrected chi connectivity index (χ3v) is 1.36. The van der Waals surface area contributed by atoms with Crippen molar-refractivity contribution in [3.05, 3.63) is 36.7 Å². The Balaban J connectivity index is 2.95. The Morgan fingerprint density at radius 1 is 1.80 bits per heavy atom. The van der Waals surface area contributed by atoms with Gasteiger partial charge in [-0.2, -0.15) is 5.10 Å². The molecule has 0 radical (unpaired) electrons. The van der Waals surface area contributed by atoms with Gasteiger partial charge in [0.05, 0.1) is 6.20 Å². The maximum Gasteiger partial charge on any atom is 0.0565 e. The average molecular weight is 134 g/mol. The molecule has 1 rings (SSSR count). The molecule has 1 aromatic rings. The average Bonchev–Trinajstić information content (AvgIpc) is 2.43. The zero-order valence-corrected chi connectivity index (χ0v) is 5.96. The molecule has 0 saturated heterocycles. The quantitative estimate of drug-likeness (QED) is 0.616. The fourth-order valence-electron chi connectivity index (χ4n) is 0.811. The normalized spacial score (nSPS) is 11.5. The SMILES string of the molecule is C=C/C(=C\C)c1cn[nH]c1. The second kappa shape index (κ2) is 3.01. The maximum atomic E-state index is 3.83. The zero-order valence-electron chi connectivity index (χ0n) is 5.96. The van der Waals surface area contributed by atoms with E-state index in [1.807, 2.05) is 25.3 Å². The fourth-order valence-corrected chi connectivity index (χ4v) is 0.811. The van der Waals surface area contributed by atoms with Gasteiger partial charge in [0, 0.05) is 11.8 Å². The molecule has 0 aliphatic carbocycles. The summed E-state index contributed by atoms with van der Waals surface area (Å²) in [5, 5.41) is 6.57. The summed E-state index contributed by atoms with van der Waals surface area (Å²) in [5.41, 5.74) is 2.19. The van der Waals surface area contributed by atoms with E-state index in [0.29, 0.717) is 0 Å². The highest BCUT2D eigenvalue weighted by atomic mass is 15.1. The summed E-state index contributed by atoms with van der Waals surface area (Å²) in [6, 6.07) is 0. The molecular weight excluding hydrogens is 124 g/mol. The molecule has 1 aromatic heterocycles. The molecule has 0 aromatic carbocycles. The van der Waals surface area contributed by atoms with Crippen LogP contribution in [0.15, 0.2) is 31.1 Å². The molecule has 52 valence electrons. The number of nitrogens with one attached hydrogen (secondary N) is 1. The monoisotopic (exact) mass is 134 g/mol. The lowest BCUT2D eigenvalue weighted by atomic mass is 10.1. The molecule has 2 heteroatoms. The van der Waals surface area contributed by atoms with Gasteiger partial charge in [0.1, 0.15) is 0 Å². The zero-order chi connectivity index (χ0) is 7.40. The van der Waals surface area contributed by atoms with Crippen LogP contribution in [0.1, 0.15) is 12.5 Å². The standard InChI is InChI=1S/C8H10N2/c1-3-7(4-2)8-5-9-10-6-8/h3-6H,1H2,2H3,(H,9,10)/b7-4+. The number of nitrogens with zero attached hydrogens (tertiary/aromatic N) is 1.